The van der Waals surface area contributed by atoms with Crippen molar-refractivity contribution >= 4 is 0 Å². The molecular weight excluding hydrogens is 215 g/mol. The van der Waals surface area contributed by atoms with Crippen molar-refractivity contribution in [2.45, 2.75) is 66.0 Å². The lowest BCUT2D eigenvalue weighted by Gasteiger charge is -2.18. The van der Waals surface area contributed by atoms with Crippen molar-refractivity contribution in [3.63, 3.8) is 0 Å². The quantitative estimate of drug-likeness (QED) is 0.573. The summed E-state index contributed by atoms with van der Waals surface area (Å²) in [4.78, 5) is 0. The van der Waals surface area contributed by atoms with Crippen LogP contribution in [0.3, 0.4) is 0 Å². The van der Waals surface area contributed by atoms with Crippen LogP contribution < -0.4 is 0 Å². The Kier molecular flexibility index (Phi) is 13.6. The van der Waals surface area contributed by atoms with E-state index in [0.717, 1.165) is 0 Å². The van der Waals surface area contributed by atoms with Crippen molar-refractivity contribution in [2.75, 3.05) is 0 Å². The maximum absolute atomic E-state index is 12.0. The van der Waals surface area contributed by atoms with Crippen LogP contribution in [-0.4, -0.2) is 12.1 Å². The zero-order chi connectivity index (χ0) is 13.1. The lowest BCUT2D eigenvalue weighted by atomic mass is 10.1. The first kappa shape index (κ1) is 20.1. The Morgan fingerprint density at radius 1 is 0.800 bits per heavy atom. The normalized spacial score (nSPS) is 10.8. The van der Waals surface area contributed by atoms with E-state index in [9.17, 15) is 22.0 Å². The molecule has 0 aliphatic heterocycles. The number of rotatable bonds is 3. The Balaban J connectivity index is -0.000000318. The Labute approximate surface area is 88.9 Å². The van der Waals surface area contributed by atoms with E-state index in [1.54, 1.807) is 6.92 Å². The fourth-order valence-corrected chi connectivity index (χ4v) is 0.541. The van der Waals surface area contributed by atoms with Gasteiger partial charge < -0.3 is 0 Å². The minimum atomic E-state index is -5.39. The van der Waals surface area contributed by atoms with Crippen molar-refractivity contribution in [1.82, 2.24) is 0 Å². The predicted molar refractivity (Wildman–Crippen MR) is 53.2 cm³/mol. The highest BCUT2D eigenvalue weighted by Crippen LogP contribution is 2.38. The average Bonchev–Trinajstić information content (AvgIpc) is 2.19. The van der Waals surface area contributed by atoms with E-state index in [4.69, 9.17) is 0 Å². The lowest BCUT2D eigenvalue weighted by Crippen LogP contribution is -2.36. The van der Waals surface area contributed by atoms with Gasteiger partial charge in [-0.25, -0.2) is 0 Å². The molecule has 0 aromatic heterocycles. The molecule has 0 saturated heterocycles. The molecule has 0 unspecified atom stereocenters. The topological polar surface area (TPSA) is 0 Å². The summed E-state index contributed by atoms with van der Waals surface area (Å²) in [7, 11) is 0. The van der Waals surface area contributed by atoms with Gasteiger partial charge >= 0.3 is 12.1 Å². The molecule has 15 heavy (non-hydrogen) atoms. The summed E-state index contributed by atoms with van der Waals surface area (Å²) >= 11 is 0. The molecular formula is C10H21F5. The third-order valence-electron chi connectivity index (χ3n) is 1.26. The molecule has 0 amide bonds. The first-order valence-corrected chi connectivity index (χ1v) is 5.26. The first-order chi connectivity index (χ1) is 6.81. The Morgan fingerprint density at radius 3 is 1.33 bits per heavy atom. The highest BCUT2D eigenvalue weighted by molar-refractivity contribution is 4.74. The van der Waals surface area contributed by atoms with Gasteiger partial charge in [-0.1, -0.05) is 41.0 Å². The number of alkyl halides is 5. The molecule has 0 aromatic rings. The van der Waals surface area contributed by atoms with Gasteiger partial charge in [0.05, 0.1) is 0 Å². The molecule has 0 aliphatic carbocycles. The molecule has 96 valence electrons. The van der Waals surface area contributed by atoms with Crippen LogP contribution in [0.4, 0.5) is 22.0 Å². The third kappa shape index (κ3) is 9.94. The minimum Gasteiger partial charge on any atom is -0.196 e. The van der Waals surface area contributed by atoms with Crippen LogP contribution in [0.5, 0.6) is 0 Å². The van der Waals surface area contributed by atoms with Crippen molar-refractivity contribution < 1.29 is 22.0 Å². The van der Waals surface area contributed by atoms with E-state index in [-0.39, 0.29) is 6.42 Å². The summed E-state index contributed by atoms with van der Waals surface area (Å²) in [6.45, 7) is 9.56. The fraction of sp³-hybridized carbons (Fsp3) is 1.00. The summed E-state index contributed by atoms with van der Waals surface area (Å²) in [6.07, 6.45) is -6.26. The number of hydrogen-bond acceptors (Lipinski definition) is 0. The Morgan fingerprint density at radius 2 is 1.13 bits per heavy atom. The molecule has 0 aliphatic rings. The zero-order valence-electron chi connectivity index (χ0n) is 10.0. The molecule has 0 radical (unpaired) electrons. The van der Waals surface area contributed by atoms with Gasteiger partial charge in [0.25, 0.3) is 0 Å². The summed E-state index contributed by atoms with van der Waals surface area (Å²) in [6, 6.07) is 0. The summed E-state index contributed by atoms with van der Waals surface area (Å²) < 4.78 is 58.2. The van der Waals surface area contributed by atoms with E-state index in [0.29, 0.717) is 6.42 Å². The summed E-state index contributed by atoms with van der Waals surface area (Å²) in [5.74, 6) is -4.51. The van der Waals surface area contributed by atoms with Crippen LogP contribution >= 0.6 is 0 Å². The fourth-order valence-electron chi connectivity index (χ4n) is 0.541. The monoisotopic (exact) mass is 236 g/mol. The van der Waals surface area contributed by atoms with Gasteiger partial charge in [-0.2, -0.15) is 22.0 Å². The molecule has 5 heteroatoms. The molecule has 0 heterocycles. The maximum atomic E-state index is 12.0. The van der Waals surface area contributed by atoms with Crippen molar-refractivity contribution in [3.8, 4) is 0 Å². The SMILES string of the molecule is CC.CC.CCCCC(F)(F)C(F)(F)F. The molecule has 0 aromatic carbocycles. The molecule has 0 N–H and O–H groups in total. The average molecular weight is 236 g/mol. The van der Waals surface area contributed by atoms with Gasteiger partial charge in [-0.15, -0.1) is 0 Å². The standard InChI is InChI=1S/C6H9F5.2C2H6/c1-2-3-4-5(7,8)6(9,10)11;2*1-2/h2-4H2,1H3;2*1-2H3. The van der Waals surface area contributed by atoms with Gasteiger partial charge in [0.2, 0.25) is 0 Å². The maximum Gasteiger partial charge on any atom is 0.453 e. The highest BCUT2D eigenvalue weighted by Gasteiger charge is 2.56. The second kappa shape index (κ2) is 10.2. The number of unbranched alkanes of at least 4 members (excludes halogenated alkanes) is 1. The molecule has 0 bridgehead atoms. The molecule has 0 fully saturated rings. The van der Waals surface area contributed by atoms with Crippen LogP contribution in [0.25, 0.3) is 0 Å². The second-order valence-electron chi connectivity index (χ2n) is 2.31. The van der Waals surface area contributed by atoms with E-state index < -0.39 is 18.5 Å². The van der Waals surface area contributed by atoms with Crippen LogP contribution in [0.2, 0.25) is 0 Å². The third-order valence-corrected chi connectivity index (χ3v) is 1.26. The Hall–Kier alpha value is -0.350. The molecule has 0 atom stereocenters. The number of hydrogen-bond donors (Lipinski definition) is 0. The van der Waals surface area contributed by atoms with Gasteiger partial charge in [-0.05, 0) is 6.42 Å². The summed E-state index contributed by atoms with van der Waals surface area (Å²) in [5.41, 5.74) is 0. The van der Waals surface area contributed by atoms with Crippen molar-refractivity contribution in [1.29, 1.82) is 0 Å². The van der Waals surface area contributed by atoms with E-state index in [1.165, 1.54) is 0 Å². The van der Waals surface area contributed by atoms with Crippen molar-refractivity contribution in [3.05, 3.63) is 0 Å². The smallest absolute Gasteiger partial charge is 0.196 e. The largest absolute Gasteiger partial charge is 0.453 e. The van der Waals surface area contributed by atoms with Crippen LogP contribution in [0.1, 0.15) is 53.9 Å². The zero-order valence-corrected chi connectivity index (χ0v) is 10.0. The van der Waals surface area contributed by atoms with E-state index >= 15 is 0 Å². The lowest BCUT2D eigenvalue weighted by molar-refractivity contribution is -0.284. The van der Waals surface area contributed by atoms with Gasteiger partial charge in [0.15, 0.2) is 0 Å². The van der Waals surface area contributed by atoms with E-state index in [2.05, 4.69) is 0 Å². The second-order valence-corrected chi connectivity index (χ2v) is 2.31. The first-order valence-electron chi connectivity index (χ1n) is 5.26. The molecule has 0 saturated carbocycles. The summed E-state index contributed by atoms with van der Waals surface area (Å²) in [5, 5.41) is 0. The van der Waals surface area contributed by atoms with Gasteiger partial charge in [0.1, 0.15) is 0 Å². The highest BCUT2D eigenvalue weighted by atomic mass is 19.4. The molecule has 0 spiro atoms. The van der Waals surface area contributed by atoms with Crippen LogP contribution in [0.15, 0.2) is 0 Å². The van der Waals surface area contributed by atoms with Crippen LogP contribution in [0, 0.1) is 0 Å². The van der Waals surface area contributed by atoms with Crippen molar-refractivity contribution in [2.24, 2.45) is 0 Å². The Bertz CT molecular complexity index is 117. The number of halogens is 5. The van der Waals surface area contributed by atoms with E-state index in [1.807, 2.05) is 27.7 Å². The molecule has 0 nitrogen and oxygen atoms in total. The minimum absolute atomic E-state index is 0.105. The van der Waals surface area contributed by atoms with Crippen LogP contribution in [-0.2, 0) is 0 Å². The van der Waals surface area contributed by atoms with Gasteiger partial charge in [-0.3, -0.25) is 0 Å². The van der Waals surface area contributed by atoms with Gasteiger partial charge in [0, 0.05) is 6.42 Å². The molecule has 0 rings (SSSR count). The predicted octanol–water partition coefficient (Wildman–Crippen LogP) is 5.43.